The molecular formula is C25H35N3O4. The number of aromatic hydroxyl groups is 1. The Bertz CT molecular complexity index is 1000. The lowest BCUT2D eigenvalue weighted by molar-refractivity contribution is 0.0467. The molecule has 1 aromatic carbocycles. The van der Waals surface area contributed by atoms with Gasteiger partial charge in [-0.1, -0.05) is 12.1 Å². The molecule has 174 valence electrons. The summed E-state index contributed by atoms with van der Waals surface area (Å²) < 4.78 is 7.04. The Labute approximate surface area is 189 Å². The Morgan fingerprint density at radius 1 is 1.12 bits per heavy atom. The number of ether oxygens (including phenoxy) is 1. The van der Waals surface area contributed by atoms with Crippen molar-refractivity contribution in [3.63, 3.8) is 0 Å². The standard InChI is InChI=1S/C25H35N3O4/c1-17(2)28-21-6-4-3-5-20(21)23(29)22(25(28)31)24(30)26-15-18-7-11-27(12-8-18)16-19-9-13-32-14-10-19/h3-6,17-19,29H,7-16H2,1-2H3,(H,26,30). The van der Waals surface area contributed by atoms with Crippen molar-refractivity contribution in [3.8, 4) is 5.75 Å². The van der Waals surface area contributed by atoms with Crippen molar-refractivity contribution >= 4 is 16.8 Å². The van der Waals surface area contributed by atoms with Crippen LogP contribution in [0.4, 0.5) is 0 Å². The van der Waals surface area contributed by atoms with Gasteiger partial charge in [-0.3, -0.25) is 9.59 Å². The number of carbonyl (C=O) groups is 1. The Morgan fingerprint density at radius 3 is 2.50 bits per heavy atom. The van der Waals surface area contributed by atoms with E-state index in [9.17, 15) is 14.7 Å². The maximum atomic E-state index is 13.1. The van der Waals surface area contributed by atoms with Crippen LogP contribution in [0, 0.1) is 11.8 Å². The van der Waals surface area contributed by atoms with Gasteiger partial charge in [0.1, 0.15) is 11.3 Å². The third-order valence-corrected chi connectivity index (χ3v) is 6.95. The highest BCUT2D eigenvalue weighted by molar-refractivity contribution is 6.02. The highest BCUT2D eigenvalue weighted by Crippen LogP contribution is 2.28. The van der Waals surface area contributed by atoms with Crippen LogP contribution in [0.25, 0.3) is 10.9 Å². The minimum Gasteiger partial charge on any atom is -0.506 e. The van der Waals surface area contributed by atoms with Gasteiger partial charge < -0.3 is 24.6 Å². The van der Waals surface area contributed by atoms with E-state index >= 15 is 0 Å². The summed E-state index contributed by atoms with van der Waals surface area (Å²) in [4.78, 5) is 28.6. The van der Waals surface area contributed by atoms with Crippen LogP contribution in [0.2, 0.25) is 0 Å². The van der Waals surface area contributed by atoms with Crippen molar-refractivity contribution in [2.75, 3.05) is 39.4 Å². The summed E-state index contributed by atoms with van der Waals surface area (Å²) >= 11 is 0. The lowest BCUT2D eigenvalue weighted by Crippen LogP contribution is -2.42. The van der Waals surface area contributed by atoms with Crippen LogP contribution in [0.5, 0.6) is 5.75 Å². The predicted molar refractivity (Wildman–Crippen MR) is 125 cm³/mol. The van der Waals surface area contributed by atoms with E-state index in [0.717, 1.165) is 64.4 Å². The van der Waals surface area contributed by atoms with Gasteiger partial charge in [-0.25, -0.2) is 0 Å². The van der Waals surface area contributed by atoms with Gasteiger partial charge in [0.25, 0.3) is 11.5 Å². The summed E-state index contributed by atoms with van der Waals surface area (Å²) in [6, 6.07) is 7.04. The lowest BCUT2D eigenvalue weighted by Gasteiger charge is -2.35. The van der Waals surface area contributed by atoms with Crippen molar-refractivity contribution < 1.29 is 14.6 Å². The molecule has 0 bridgehead atoms. The average molecular weight is 442 g/mol. The van der Waals surface area contributed by atoms with Gasteiger partial charge in [0.15, 0.2) is 0 Å². The number of benzene rings is 1. The summed E-state index contributed by atoms with van der Waals surface area (Å²) in [5.74, 6) is 0.405. The monoisotopic (exact) mass is 441 g/mol. The number of piperidine rings is 1. The summed E-state index contributed by atoms with van der Waals surface area (Å²) in [6.45, 7) is 9.32. The molecule has 2 N–H and O–H groups in total. The number of rotatable bonds is 6. The largest absolute Gasteiger partial charge is 0.506 e. The zero-order valence-electron chi connectivity index (χ0n) is 19.2. The van der Waals surface area contributed by atoms with Gasteiger partial charge in [-0.15, -0.1) is 0 Å². The molecule has 2 aliphatic heterocycles. The fourth-order valence-corrected chi connectivity index (χ4v) is 5.06. The second-order valence-corrected chi connectivity index (χ2v) is 9.52. The first-order valence-electron chi connectivity index (χ1n) is 11.9. The Kier molecular flexibility index (Phi) is 7.16. The van der Waals surface area contributed by atoms with E-state index in [-0.39, 0.29) is 17.4 Å². The van der Waals surface area contributed by atoms with Crippen LogP contribution >= 0.6 is 0 Å². The number of nitrogens with zero attached hydrogens (tertiary/aromatic N) is 2. The molecule has 32 heavy (non-hydrogen) atoms. The van der Waals surface area contributed by atoms with Crippen LogP contribution in [0.15, 0.2) is 29.1 Å². The molecule has 2 aliphatic rings. The molecule has 2 saturated heterocycles. The summed E-state index contributed by atoms with van der Waals surface area (Å²) in [5, 5.41) is 14.2. The predicted octanol–water partition coefficient (Wildman–Crippen LogP) is 3.16. The van der Waals surface area contributed by atoms with Crippen LogP contribution in [-0.4, -0.2) is 59.9 Å². The lowest BCUT2D eigenvalue weighted by atomic mass is 9.94. The number of aromatic nitrogens is 1. The molecule has 2 aromatic rings. The molecular weight excluding hydrogens is 406 g/mol. The minimum absolute atomic E-state index is 0.125. The fourth-order valence-electron chi connectivity index (χ4n) is 5.06. The topological polar surface area (TPSA) is 83.8 Å². The van der Waals surface area contributed by atoms with E-state index in [2.05, 4.69) is 10.2 Å². The highest BCUT2D eigenvalue weighted by atomic mass is 16.5. The van der Waals surface area contributed by atoms with Crippen LogP contribution in [0.1, 0.15) is 55.9 Å². The van der Waals surface area contributed by atoms with Crippen molar-refractivity contribution in [3.05, 3.63) is 40.2 Å². The van der Waals surface area contributed by atoms with Crippen molar-refractivity contribution in [2.24, 2.45) is 11.8 Å². The quantitative estimate of drug-likeness (QED) is 0.720. The van der Waals surface area contributed by atoms with E-state index in [4.69, 9.17) is 4.74 Å². The molecule has 0 aliphatic carbocycles. The van der Waals surface area contributed by atoms with Crippen molar-refractivity contribution in [1.29, 1.82) is 0 Å². The number of pyridine rings is 1. The molecule has 4 rings (SSSR count). The number of amides is 1. The number of para-hydroxylation sites is 1. The maximum absolute atomic E-state index is 13.1. The minimum atomic E-state index is -0.489. The number of fused-ring (bicyclic) bond motifs is 1. The normalized spacial score (nSPS) is 19.0. The molecule has 7 heteroatoms. The molecule has 0 unspecified atom stereocenters. The maximum Gasteiger partial charge on any atom is 0.267 e. The van der Waals surface area contributed by atoms with E-state index in [0.29, 0.717) is 23.4 Å². The third-order valence-electron chi connectivity index (χ3n) is 6.95. The van der Waals surface area contributed by atoms with Crippen molar-refractivity contribution in [2.45, 2.75) is 45.6 Å². The van der Waals surface area contributed by atoms with Crippen molar-refractivity contribution in [1.82, 2.24) is 14.8 Å². The van der Waals surface area contributed by atoms with Gasteiger partial charge in [-0.2, -0.15) is 0 Å². The zero-order chi connectivity index (χ0) is 22.7. The van der Waals surface area contributed by atoms with E-state index in [1.807, 2.05) is 19.9 Å². The Hall–Kier alpha value is -2.38. The molecule has 0 spiro atoms. The van der Waals surface area contributed by atoms with Gasteiger partial charge in [0, 0.05) is 37.7 Å². The molecule has 1 aromatic heterocycles. The second kappa shape index (κ2) is 10.0. The van der Waals surface area contributed by atoms with E-state index in [1.165, 1.54) is 0 Å². The molecule has 2 fully saturated rings. The molecule has 1 amide bonds. The molecule has 0 atom stereocenters. The van der Waals surface area contributed by atoms with Gasteiger partial charge in [-0.05, 0) is 76.6 Å². The van der Waals surface area contributed by atoms with Gasteiger partial charge in [0.2, 0.25) is 0 Å². The molecule has 0 saturated carbocycles. The third kappa shape index (κ3) is 4.84. The molecule has 7 nitrogen and oxygen atoms in total. The zero-order valence-corrected chi connectivity index (χ0v) is 19.2. The number of hydrogen-bond donors (Lipinski definition) is 2. The fraction of sp³-hybridized carbons (Fsp3) is 0.600. The van der Waals surface area contributed by atoms with Crippen LogP contribution in [-0.2, 0) is 4.74 Å². The first kappa shape index (κ1) is 22.8. The highest BCUT2D eigenvalue weighted by Gasteiger charge is 2.26. The van der Waals surface area contributed by atoms with Crippen LogP contribution in [0.3, 0.4) is 0 Å². The smallest absolute Gasteiger partial charge is 0.267 e. The first-order valence-corrected chi connectivity index (χ1v) is 11.9. The van der Waals surface area contributed by atoms with Crippen LogP contribution < -0.4 is 10.9 Å². The van der Waals surface area contributed by atoms with E-state index in [1.54, 1.807) is 22.8 Å². The van der Waals surface area contributed by atoms with E-state index < -0.39 is 11.5 Å². The molecule has 3 heterocycles. The number of nitrogens with one attached hydrogen (secondary N) is 1. The SMILES string of the molecule is CC(C)n1c(=O)c(C(=O)NCC2CCN(CC3CCOCC3)CC2)c(O)c2ccccc21. The first-order chi connectivity index (χ1) is 15.5. The second-order valence-electron chi connectivity index (χ2n) is 9.52. The average Bonchev–Trinajstić information content (AvgIpc) is 2.79. The number of hydrogen-bond acceptors (Lipinski definition) is 5. The summed E-state index contributed by atoms with van der Waals surface area (Å²) in [6.07, 6.45) is 4.37. The van der Waals surface area contributed by atoms with Gasteiger partial charge in [0.05, 0.1) is 5.52 Å². The van der Waals surface area contributed by atoms with Gasteiger partial charge >= 0.3 is 0 Å². The number of carbonyl (C=O) groups excluding carboxylic acids is 1. The summed E-state index contributed by atoms with van der Waals surface area (Å²) in [7, 11) is 0. The Morgan fingerprint density at radius 2 is 1.81 bits per heavy atom. The Balaban J connectivity index is 1.39. The molecule has 0 radical (unpaired) electrons. The number of likely N-dealkylation sites (tertiary alicyclic amines) is 1. The summed E-state index contributed by atoms with van der Waals surface area (Å²) in [5.41, 5.74) is 0.0350.